The molecule has 3 atom stereocenters. The van der Waals surface area contributed by atoms with Gasteiger partial charge in [-0.2, -0.15) is 0 Å². The number of aryl methyl sites for hydroxylation is 1. The Hall–Kier alpha value is -2.30. The summed E-state index contributed by atoms with van der Waals surface area (Å²) in [5.74, 6) is 0.728. The molecule has 5 nitrogen and oxygen atoms in total. The van der Waals surface area contributed by atoms with E-state index >= 15 is 0 Å². The first-order chi connectivity index (χ1) is 10.2. The highest BCUT2D eigenvalue weighted by atomic mass is 16.5. The van der Waals surface area contributed by atoms with Crippen LogP contribution in [0.1, 0.15) is 24.1 Å². The van der Waals surface area contributed by atoms with Crippen LogP contribution in [0.4, 0.5) is 4.79 Å². The first-order valence-electron chi connectivity index (χ1n) is 7.10. The maximum absolute atomic E-state index is 11.9. The summed E-state index contributed by atoms with van der Waals surface area (Å²) in [7, 11) is 1.97. The average Bonchev–Trinajstić information content (AvgIpc) is 2.91. The van der Waals surface area contributed by atoms with Gasteiger partial charge in [0.25, 0.3) is 0 Å². The van der Waals surface area contributed by atoms with Gasteiger partial charge in [0.05, 0.1) is 6.33 Å². The van der Waals surface area contributed by atoms with Gasteiger partial charge >= 0.3 is 6.09 Å². The summed E-state index contributed by atoms with van der Waals surface area (Å²) in [6.07, 6.45) is 3.28. The van der Waals surface area contributed by atoms with Crippen LogP contribution in [0.25, 0.3) is 0 Å². The largest absolute Gasteiger partial charge is 0.445 e. The Balaban J connectivity index is 1.51. The lowest BCUT2D eigenvalue weighted by Gasteiger charge is -2.07. The fourth-order valence-corrected chi connectivity index (χ4v) is 2.73. The van der Waals surface area contributed by atoms with E-state index in [0.717, 1.165) is 11.3 Å². The quantitative estimate of drug-likeness (QED) is 0.938. The van der Waals surface area contributed by atoms with Crippen molar-refractivity contribution in [3.63, 3.8) is 0 Å². The Morgan fingerprint density at radius 1 is 1.38 bits per heavy atom. The monoisotopic (exact) mass is 285 g/mol. The van der Waals surface area contributed by atoms with Crippen molar-refractivity contribution in [1.82, 2.24) is 14.9 Å². The molecular weight excluding hydrogens is 266 g/mol. The van der Waals surface area contributed by atoms with Crippen LogP contribution < -0.4 is 5.32 Å². The topological polar surface area (TPSA) is 56.1 Å². The molecule has 1 saturated carbocycles. The zero-order chi connectivity index (χ0) is 14.8. The van der Waals surface area contributed by atoms with E-state index in [9.17, 15) is 4.79 Å². The van der Waals surface area contributed by atoms with Crippen LogP contribution in [0, 0.1) is 5.92 Å². The lowest BCUT2D eigenvalue weighted by atomic mass is 10.2. The number of imidazole rings is 1. The highest BCUT2D eigenvalue weighted by Gasteiger charge is 2.50. The molecule has 3 rings (SSSR count). The van der Waals surface area contributed by atoms with Crippen LogP contribution in [0.15, 0.2) is 42.9 Å². The molecule has 1 aliphatic rings. The standard InChI is InChI=1S/C16H19N3O2/c1-11-14(13-8-17-10-19(13)2)15(11)18-16(20)21-9-12-6-4-3-5-7-12/h3-8,10-11,14-15H,9H2,1-2H3,(H,18,20)/t11-,14-,15?/m1/s1. The first kappa shape index (κ1) is 13.7. The number of hydrogen-bond donors (Lipinski definition) is 1. The number of ether oxygens (including phenoxy) is 1. The molecule has 1 amide bonds. The molecule has 1 aromatic heterocycles. The van der Waals surface area contributed by atoms with Crippen molar-refractivity contribution >= 4 is 6.09 Å². The van der Waals surface area contributed by atoms with E-state index in [0.29, 0.717) is 18.4 Å². The van der Waals surface area contributed by atoms with Crippen molar-refractivity contribution < 1.29 is 9.53 Å². The second-order valence-corrected chi connectivity index (χ2v) is 5.55. The number of hydrogen-bond acceptors (Lipinski definition) is 3. The van der Waals surface area contributed by atoms with Crippen molar-refractivity contribution in [2.75, 3.05) is 0 Å². The molecule has 1 heterocycles. The third-order valence-electron chi connectivity index (χ3n) is 4.07. The van der Waals surface area contributed by atoms with Crippen LogP contribution in [0.3, 0.4) is 0 Å². The molecular formula is C16H19N3O2. The van der Waals surface area contributed by atoms with E-state index < -0.39 is 0 Å². The summed E-state index contributed by atoms with van der Waals surface area (Å²) in [4.78, 5) is 16.0. The zero-order valence-electron chi connectivity index (χ0n) is 12.2. The summed E-state index contributed by atoms with van der Waals surface area (Å²) in [6.45, 7) is 2.42. The van der Waals surface area contributed by atoms with Crippen molar-refractivity contribution in [2.45, 2.75) is 25.5 Å². The summed E-state index contributed by atoms with van der Waals surface area (Å²) in [5.41, 5.74) is 2.13. The third-order valence-corrected chi connectivity index (χ3v) is 4.07. The third kappa shape index (κ3) is 2.91. The molecule has 0 spiro atoms. The first-order valence-corrected chi connectivity index (χ1v) is 7.10. The van der Waals surface area contributed by atoms with E-state index in [4.69, 9.17) is 4.74 Å². The predicted octanol–water partition coefficient (Wildman–Crippen LogP) is 2.45. The Kier molecular flexibility index (Phi) is 3.64. The van der Waals surface area contributed by atoms with Gasteiger partial charge in [0.2, 0.25) is 0 Å². The van der Waals surface area contributed by atoms with Crippen molar-refractivity contribution in [3.05, 3.63) is 54.1 Å². The molecule has 0 saturated heterocycles. The second kappa shape index (κ2) is 5.60. The summed E-state index contributed by atoms with van der Waals surface area (Å²) < 4.78 is 7.25. The fraction of sp³-hybridized carbons (Fsp3) is 0.375. The number of benzene rings is 1. The molecule has 0 bridgehead atoms. The van der Waals surface area contributed by atoms with Gasteiger partial charge in [-0.1, -0.05) is 37.3 Å². The molecule has 0 radical (unpaired) electrons. The van der Waals surface area contributed by atoms with Crippen LogP contribution in [0.2, 0.25) is 0 Å². The Morgan fingerprint density at radius 3 is 2.81 bits per heavy atom. The maximum Gasteiger partial charge on any atom is 0.407 e. The van der Waals surface area contributed by atoms with E-state index in [1.165, 1.54) is 0 Å². The normalized spacial score (nSPS) is 23.6. The Bertz CT molecular complexity index is 623. The maximum atomic E-state index is 11.9. The zero-order valence-corrected chi connectivity index (χ0v) is 12.2. The number of rotatable bonds is 4. The molecule has 21 heavy (non-hydrogen) atoms. The minimum absolute atomic E-state index is 0.128. The van der Waals surface area contributed by atoms with Gasteiger partial charge in [0.15, 0.2) is 0 Å². The molecule has 1 aliphatic carbocycles. The Labute approximate surface area is 124 Å². The minimum atomic E-state index is -0.361. The van der Waals surface area contributed by atoms with Gasteiger partial charge in [-0.15, -0.1) is 0 Å². The van der Waals surface area contributed by atoms with Crippen molar-refractivity contribution in [3.8, 4) is 0 Å². The molecule has 5 heteroatoms. The van der Waals surface area contributed by atoms with Crippen LogP contribution in [-0.4, -0.2) is 21.7 Å². The summed E-state index contributed by atoms with van der Waals surface area (Å²) in [5, 5.41) is 2.94. The van der Waals surface area contributed by atoms with Crippen LogP contribution >= 0.6 is 0 Å². The SMILES string of the molecule is C[C@H]1C(NC(=O)OCc2ccccc2)[C@H]1c1cncn1C. The number of aromatic nitrogens is 2. The lowest BCUT2D eigenvalue weighted by Crippen LogP contribution is -2.28. The van der Waals surface area contributed by atoms with Crippen LogP contribution in [0.5, 0.6) is 0 Å². The average molecular weight is 285 g/mol. The molecule has 1 N–H and O–H groups in total. The number of carbonyl (C=O) groups is 1. The highest BCUT2D eigenvalue weighted by Crippen LogP contribution is 2.47. The molecule has 1 fully saturated rings. The van der Waals surface area contributed by atoms with E-state index in [1.807, 2.05) is 48.1 Å². The number of nitrogens with zero attached hydrogens (tertiary/aromatic N) is 2. The summed E-state index contributed by atoms with van der Waals surface area (Å²) >= 11 is 0. The Morgan fingerprint density at radius 2 is 2.14 bits per heavy atom. The smallest absolute Gasteiger partial charge is 0.407 e. The second-order valence-electron chi connectivity index (χ2n) is 5.55. The number of alkyl carbamates (subject to hydrolysis) is 1. The number of nitrogens with one attached hydrogen (secondary N) is 1. The van der Waals surface area contributed by atoms with Crippen molar-refractivity contribution in [2.24, 2.45) is 13.0 Å². The minimum Gasteiger partial charge on any atom is -0.445 e. The molecule has 1 unspecified atom stereocenters. The number of amides is 1. The van der Waals surface area contributed by atoms with E-state index in [1.54, 1.807) is 6.33 Å². The molecule has 1 aromatic carbocycles. The molecule has 110 valence electrons. The van der Waals surface area contributed by atoms with Gasteiger partial charge in [0, 0.05) is 30.9 Å². The fourth-order valence-electron chi connectivity index (χ4n) is 2.73. The number of carbonyl (C=O) groups excluding carboxylic acids is 1. The van der Waals surface area contributed by atoms with E-state index in [-0.39, 0.29) is 12.1 Å². The highest BCUT2D eigenvalue weighted by molar-refractivity contribution is 5.68. The summed E-state index contributed by atoms with van der Waals surface area (Å²) in [6, 6.07) is 9.80. The van der Waals surface area contributed by atoms with Gasteiger partial charge in [-0.25, -0.2) is 9.78 Å². The van der Waals surface area contributed by atoms with Gasteiger partial charge in [-0.05, 0) is 11.5 Å². The van der Waals surface area contributed by atoms with Crippen molar-refractivity contribution in [1.29, 1.82) is 0 Å². The molecule has 0 aliphatic heterocycles. The van der Waals surface area contributed by atoms with Gasteiger partial charge < -0.3 is 14.6 Å². The lowest BCUT2D eigenvalue weighted by molar-refractivity contribution is 0.138. The van der Waals surface area contributed by atoms with E-state index in [2.05, 4.69) is 17.2 Å². The van der Waals surface area contributed by atoms with Gasteiger partial charge in [0.1, 0.15) is 6.61 Å². The van der Waals surface area contributed by atoms with Gasteiger partial charge in [-0.3, -0.25) is 0 Å². The predicted molar refractivity (Wildman–Crippen MR) is 78.7 cm³/mol. The molecule has 2 aromatic rings. The van der Waals surface area contributed by atoms with Crippen LogP contribution in [-0.2, 0) is 18.4 Å².